The van der Waals surface area contributed by atoms with Crippen molar-refractivity contribution in [1.29, 1.82) is 0 Å². The maximum absolute atomic E-state index is 9.44. The summed E-state index contributed by atoms with van der Waals surface area (Å²) < 4.78 is 2.92. The number of aromatic hydroxyl groups is 2. The Bertz CT molecular complexity index is 1010. The normalized spacial score (nSPS) is 10.6. The molecule has 6 nitrogen and oxygen atoms in total. The number of nitrogens with zero attached hydrogens (tertiary/aromatic N) is 4. The number of benzene rings is 2. The van der Waals surface area contributed by atoms with E-state index in [4.69, 9.17) is 0 Å². The summed E-state index contributed by atoms with van der Waals surface area (Å²) in [5.41, 5.74) is 3.65. The van der Waals surface area contributed by atoms with Gasteiger partial charge in [-0.25, -0.2) is 9.36 Å². The van der Waals surface area contributed by atoms with Gasteiger partial charge in [-0.3, -0.25) is 0 Å². The Morgan fingerprint density at radius 3 is 1.25 bits per heavy atom. The fraction of sp³-hybridized carbons (Fsp3) is 0.250. The number of hydrogen-bond acceptors (Lipinski definition) is 6. The zero-order valence-corrected chi connectivity index (χ0v) is 20.3. The van der Waals surface area contributed by atoms with Crippen LogP contribution in [0, 0.1) is 0 Å². The first-order valence-corrected chi connectivity index (χ1v) is 12.3. The van der Waals surface area contributed by atoms with Crippen LogP contribution in [-0.2, 0) is 14.1 Å². The molecular formula is C24H28N4O2S2. The molecule has 0 aliphatic rings. The van der Waals surface area contributed by atoms with Crippen molar-refractivity contribution in [2.45, 2.75) is 23.6 Å². The second-order valence-electron chi connectivity index (χ2n) is 6.94. The Labute approximate surface area is 197 Å². The largest absolute Gasteiger partial charge is 0.493 e. The summed E-state index contributed by atoms with van der Waals surface area (Å²) in [6.45, 7) is 4.27. The van der Waals surface area contributed by atoms with E-state index in [9.17, 15) is 10.2 Å². The van der Waals surface area contributed by atoms with Crippen LogP contribution in [0.2, 0.25) is 0 Å². The first-order valence-electron chi connectivity index (χ1n) is 10.3. The van der Waals surface area contributed by atoms with Gasteiger partial charge in [-0.05, 0) is 35.8 Å². The molecule has 8 heteroatoms. The summed E-state index contributed by atoms with van der Waals surface area (Å²) in [5.74, 6) is 2.51. The van der Waals surface area contributed by atoms with E-state index in [0.717, 1.165) is 34.0 Å². The molecule has 0 unspecified atom stereocenters. The van der Waals surface area contributed by atoms with Crippen LogP contribution in [-0.4, -0.2) is 41.3 Å². The molecule has 168 valence electrons. The molecular weight excluding hydrogens is 440 g/mol. The van der Waals surface area contributed by atoms with Gasteiger partial charge in [0.25, 0.3) is 0 Å². The van der Waals surface area contributed by atoms with E-state index in [1.807, 2.05) is 47.8 Å². The van der Waals surface area contributed by atoms with E-state index < -0.39 is 0 Å². The molecule has 32 heavy (non-hydrogen) atoms. The van der Waals surface area contributed by atoms with Crippen molar-refractivity contribution in [3.05, 3.63) is 60.7 Å². The van der Waals surface area contributed by atoms with Crippen LogP contribution in [0.15, 0.2) is 70.5 Å². The van der Waals surface area contributed by atoms with E-state index in [-0.39, 0.29) is 11.8 Å². The maximum Gasteiger partial charge on any atom is 0.209 e. The summed E-state index contributed by atoms with van der Waals surface area (Å²) in [6.07, 6.45) is 0. The van der Waals surface area contributed by atoms with Gasteiger partial charge in [-0.2, -0.15) is 10.2 Å². The number of aryl methyl sites for hydroxylation is 2. The van der Waals surface area contributed by atoms with Gasteiger partial charge in [0.2, 0.25) is 11.8 Å². The first-order chi connectivity index (χ1) is 15.4. The molecule has 0 radical (unpaired) electrons. The highest BCUT2D eigenvalue weighted by Gasteiger charge is 2.06. The predicted molar refractivity (Wildman–Crippen MR) is 133 cm³/mol. The number of thioether (sulfide) groups is 2. The smallest absolute Gasteiger partial charge is 0.209 e. The quantitative estimate of drug-likeness (QED) is 0.348. The Morgan fingerprint density at radius 1 is 0.656 bits per heavy atom. The number of aromatic nitrogens is 4. The average molecular weight is 469 g/mol. The van der Waals surface area contributed by atoms with Crippen LogP contribution in [0.3, 0.4) is 0 Å². The molecule has 0 saturated heterocycles. The van der Waals surface area contributed by atoms with Gasteiger partial charge in [0, 0.05) is 47.1 Å². The zero-order valence-electron chi connectivity index (χ0n) is 18.7. The zero-order chi connectivity index (χ0) is 23.1. The van der Waals surface area contributed by atoms with Crippen molar-refractivity contribution in [2.75, 3.05) is 11.5 Å². The van der Waals surface area contributed by atoms with Crippen molar-refractivity contribution >= 4 is 23.5 Å². The van der Waals surface area contributed by atoms with Gasteiger partial charge in [0.1, 0.15) is 0 Å². The van der Waals surface area contributed by atoms with Crippen molar-refractivity contribution in [2.24, 2.45) is 14.1 Å². The van der Waals surface area contributed by atoms with Crippen LogP contribution in [0.1, 0.15) is 13.8 Å². The lowest BCUT2D eigenvalue weighted by atomic mass is 10.2. The second kappa shape index (κ2) is 11.2. The molecule has 0 aliphatic heterocycles. The summed E-state index contributed by atoms with van der Waals surface area (Å²) in [7, 11) is 3.44. The van der Waals surface area contributed by atoms with Gasteiger partial charge in [-0.15, -0.1) is 23.5 Å². The first kappa shape index (κ1) is 23.8. The van der Waals surface area contributed by atoms with Crippen LogP contribution in [0.5, 0.6) is 11.8 Å². The van der Waals surface area contributed by atoms with E-state index in [1.165, 1.54) is 19.2 Å². The van der Waals surface area contributed by atoms with Crippen LogP contribution < -0.4 is 0 Å². The monoisotopic (exact) mass is 468 g/mol. The molecule has 2 N–H and O–H groups in total. The Hall–Kier alpha value is -2.84. The molecule has 4 aromatic rings. The standard InChI is InChI=1S/2C12H14N2OS/c2*1-3-16-10-6-4-9(5-7-10)11-8-12(15)14(2)13-11/h2*4-8,15H,3H2,1-2H3. The van der Waals surface area contributed by atoms with Crippen LogP contribution in [0.4, 0.5) is 0 Å². The SMILES string of the molecule is CCSc1ccc(-c2cc(O)n(C)n2)cc1.CCSc1ccc(-c2cc(O)n(C)n2)cc1. The second-order valence-corrected chi connectivity index (χ2v) is 9.61. The topological polar surface area (TPSA) is 76.1 Å². The van der Waals surface area contributed by atoms with E-state index >= 15 is 0 Å². The van der Waals surface area contributed by atoms with Crippen LogP contribution >= 0.6 is 23.5 Å². The minimum Gasteiger partial charge on any atom is -0.493 e. The third-order valence-corrected chi connectivity index (χ3v) is 6.42. The van der Waals surface area contributed by atoms with E-state index in [1.54, 1.807) is 26.2 Å². The molecule has 2 aromatic carbocycles. The summed E-state index contributed by atoms with van der Waals surface area (Å²) in [4.78, 5) is 2.51. The van der Waals surface area contributed by atoms with Gasteiger partial charge < -0.3 is 10.2 Å². The fourth-order valence-corrected chi connectivity index (χ4v) is 4.30. The molecule has 0 saturated carbocycles. The average Bonchev–Trinajstić information content (AvgIpc) is 3.31. The molecule has 0 fully saturated rings. The number of hydrogen-bond donors (Lipinski definition) is 2. The third-order valence-electron chi connectivity index (χ3n) is 4.63. The van der Waals surface area contributed by atoms with Gasteiger partial charge in [0.05, 0.1) is 11.4 Å². The highest BCUT2D eigenvalue weighted by atomic mass is 32.2. The van der Waals surface area contributed by atoms with Crippen molar-refractivity contribution in [1.82, 2.24) is 19.6 Å². The minimum absolute atomic E-state index is 0.182. The Balaban J connectivity index is 0.000000181. The summed E-state index contributed by atoms with van der Waals surface area (Å²) >= 11 is 3.63. The van der Waals surface area contributed by atoms with E-state index in [2.05, 4.69) is 48.3 Å². The van der Waals surface area contributed by atoms with Gasteiger partial charge in [0.15, 0.2) is 0 Å². The molecule has 0 bridgehead atoms. The lowest BCUT2D eigenvalue weighted by Crippen LogP contribution is -1.89. The molecule has 2 heterocycles. The molecule has 4 rings (SSSR count). The Morgan fingerprint density at radius 2 is 1.00 bits per heavy atom. The summed E-state index contributed by atoms with van der Waals surface area (Å²) in [5, 5.41) is 27.3. The maximum atomic E-state index is 9.44. The van der Waals surface area contributed by atoms with Gasteiger partial charge in [-0.1, -0.05) is 38.1 Å². The van der Waals surface area contributed by atoms with Gasteiger partial charge >= 0.3 is 0 Å². The highest BCUT2D eigenvalue weighted by molar-refractivity contribution is 7.99. The minimum atomic E-state index is 0.182. The number of rotatable bonds is 6. The molecule has 0 amide bonds. The van der Waals surface area contributed by atoms with Crippen molar-refractivity contribution in [3.8, 4) is 34.3 Å². The van der Waals surface area contributed by atoms with Crippen LogP contribution in [0.25, 0.3) is 22.5 Å². The molecule has 0 aliphatic carbocycles. The van der Waals surface area contributed by atoms with Crippen molar-refractivity contribution < 1.29 is 10.2 Å². The lowest BCUT2D eigenvalue weighted by molar-refractivity contribution is 0.419. The molecule has 0 spiro atoms. The fourth-order valence-electron chi connectivity index (χ4n) is 2.97. The molecule has 0 atom stereocenters. The Kier molecular flexibility index (Phi) is 8.30. The lowest BCUT2D eigenvalue weighted by Gasteiger charge is -1.99. The summed E-state index contributed by atoms with van der Waals surface area (Å²) in [6, 6.07) is 19.8. The molecule has 2 aromatic heterocycles. The third kappa shape index (κ3) is 6.11. The highest BCUT2D eigenvalue weighted by Crippen LogP contribution is 2.26. The van der Waals surface area contributed by atoms with E-state index in [0.29, 0.717) is 0 Å². The van der Waals surface area contributed by atoms with Crippen molar-refractivity contribution in [3.63, 3.8) is 0 Å². The predicted octanol–water partition coefficient (Wildman–Crippen LogP) is 5.81.